The van der Waals surface area contributed by atoms with Crippen LogP contribution in [-0.4, -0.2) is 28.7 Å². The summed E-state index contributed by atoms with van der Waals surface area (Å²) in [6.45, 7) is 0. The van der Waals surface area contributed by atoms with Crippen molar-refractivity contribution in [3.8, 4) is 5.75 Å². The second-order valence-corrected chi connectivity index (χ2v) is 11.5. The number of ether oxygens (including phenoxy) is 1. The minimum Gasteiger partial charge on any atom is -0.425 e. The number of nitrogens with one attached hydrogen (secondary N) is 2. The number of carbonyl (C=O) groups is 3. The van der Waals surface area contributed by atoms with Crippen LogP contribution in [0.2, 0.25) is 10.0 Å². The number of rotatable bonds is 8. The van der Waals surface area contributed by atoms with Gasteiger partial charge >= 0.3 is 5.97 Å². The Morgan fingerprint density at radius 3 is 2.27 bits per heavy atom. The molecule has 0 aliphatic heterocycles. The number of aromatic nitrogens is 1. The third kappa shape index (κ3) is 5.80. The first-order valence-corrected chi connectivity index (χ1v) is 14.5. The van der Waals surface area contributed by atoms with Gasteiger partial charge in [0, 0.05) is 30.2 Å². The van der Waals surface area contributed by atoms with Crippen LogP contribution in [0.3, 0.4) is 0 Å². The molecule has 2 aliphatic carbocycles. The molecule has 206 valence electrons. The van der Waals surface area contributed by atoms with Gasteiger partial charge in [0.15, 0.2) is 5.78 Å². The number of hydrogen-bond acceptors (Lipinski definition) is 6. The van der Waals surface area contributed by atoms with Crippen molar-refractivity contribution in [1.82, 2.24) is 10.3 Å². The van der Waals surface area contributed by atoms with Gasteiger partial charge in [0.2, 0.25) is 0 Å². The van der Waals surface area contributed by atoms with Gasteiger partial charge in [-0.05, 0) is 58.6 Å². The second-order valence-electron chi connectivity index (χ2n) is 9.93. The van der Waals surface area contributed by atoms with Crippen LogP contribution in [0.1, 0.15) is 48.0 Å². The van der Waals surface area contributed by atoms with Gasteiger partial charge in [0.1, 0.15) is 11.8 Å². The quantitative estimate of drug-likeness (QED) is 0.205. The van der Waals surface area contributed by atoms with Crippen molar-refractivity contribution in [2.24, 2.45) is 5.41 Å². The topological polar surface area (TPSA) is 97.4 Å². The van der Waals surface area contributed by atoms with Crippen LogP contribution in [0.15, 0.2) is 77.2 Å². The largest absolute Gasteiger partial charge is 0.425 e. The third-order valence-corrected chi connectivity index (χ3v) is 8.67. The van der Waals surface area contributed by atoms with Crippen LogP contribution in [0.4, 0.5) is 5.69 Å². The summed E-state index contributed by atoms with van der Waals surface area (Å²) in [5.74, 6) is -0.376. The Hall–Kier alpha value is -3.20. The maximum Gasteiger partial charge on any atom is 0.334 e. The zero-order valence-corrected chi connectivity index (χ0v) is 24.5. The van der Waals surface area contributed by atoms with E-state index in [9.17, 15) is 14.4 Å². The van der Waals surface area contributed by atoms with Gasteiger partial charge in [0.25, 0.3) is 5.91 Å². The lowest BCUT2D eigenvalue weighted by molar-refractivity contribution is -0.137. The normalized spacial score (nSPS) is 16.7. The highest BCUT2D eigenvalue weighted by atomic mass is 79.9. The third-order valence-electron chi connectivity index (χ3n) is 7.34. The molecule has 1 heterocycles. The Balaban J connectivity index is 1.34. The number of ketones is 1. The fourth-order valence-electron chi connectivity index (χ4n) is 5.24. The van der Waals surface area contributed by atoms with Crippen molar-refractivity contribution < 1.29 is 19.1 Å². The molecule has 1 amide bonds. The van der Waals surface area contributed by atoms with Crippen LogP contribution in [-0.2, 0) is 16.0 Å². The first-order valence-electron chi connectivity index (χ1n) is 13.0. The van der Waals surface area contributed by atoms with E-state index in [1.54, 1.807) is 36.4 Å². The van der Waals surface area contributed by atoms with Crippen LogP contribution < -0.4 is 15.4 Å². The number of esters is 1. The smallest absolute Gasteiger partial charge is 0.334 e. The Kier molecular flexibility index (Phi) is 8.59. The van der Waals surface area contributed by atoms with Crippen molar-refractivity contribution in [2.45, 2.75) is 44.6 Å². The number of pyridine rings is 1. The summed E-state index contributed by atoms with van der Waals surface area (Å²) in [4.78, 5) is 42.9. The van der Waals surface area contributed by atoms with Crippen LogP contribution in [0.5, 0.6) is 5.75 Å². The number of amides is 1. The fraction of sp³-hybridized carbons (Fsp3) is 0.267. The Morgan fingerprint density at radius 1 is 0.975 bits per heavy atom. The van der Waals surface area contributed by atoms with E-state index in [-0.39, 0.29) is 21.4 Å². The molecule has 0 bridgehead atoms. The molecular formula is C30H26BrCl2N3O4. The molecule has 1 atom stereocenters. The van der Waals surface area contributed by atoms with E-state index < -0.39 is 23.3 Å². The highest BCUT2D eigenvalue weighted by Crippen LogP contribution is 2.53. The first-order chi connectivity index (χ1) is 19.3. The van der Waals surface area contributed by atoms with Crippen LogP contribution in [0, 0.1) is 5.41 Å². The minimum atomic E-state index is -0.746. The molecule has 0 saturated heterocycles. The Bertz CT molecular complexity index is 1450. The second kappa shape index (κ2) is 12.1. The van der Waals surface area contributed by atoms with E-state index in [2.05, 4.69) is 31.5 Å². The maximum atomic E-state index is 13.4. The van der Waals surface area contributed by atoms with Gasteiger partial charge in [0.05, 0.1) is 25.5 Å². The van der Waals surface area contributed by atoms with Gasteiger partial charge in [-0.15, -0.1) is 0 Å². The lowest BCUT2D eigenvalue weighted by Gasteiger charge is -2.46. The summed E-state index contributed by atoms with van der Waals surface area (Å²) < 4.78 is 6.19. The number of carbonyl (C=O) groups excluding carboxylic acids is 3. The standard InChI is InChI=1S/C30H26BrCl2N3O4/c31-25-26(30(27(25)37)13-5-2-6-14-30)36-23(29(39)40-20-7-3-1-4-8-20)15-18-9-11-19(12-10-18)35-28(38)24-21(32)16-34-17-22(24)33/h1,3-4,7-12,16-17,23,36H,2,5-6,13-15H2,(H,35,38). The summed E-state index contributed by atoms with van der Waals surface area (Å²) in [6.07, 6.45) is 7.59. The van der Waals surface area contributed by atoms with E-state index in [0.29, 0.717) is 22.3 Å². The number of nitrogens with zero attached hydrogens (tertiary/aromatic N) is 1. The highest BCUT2D eigenvalue weighted by Gasteiger charge is 2.53. The molecule has 1 aromatic heterocycles. The summed E-state index contributed by atoms with van der Waals surface area (Å²) >= 11 is 15.7. The van der Waals surface area contributed by atoms with Gasteiger partial charge in [-0.2, -0.15) is 0 Å². The summed E-state index contributed by atoms with van der Waals surface area (Å²) in [6, 6.07) is 15.3. The lowest BCUT2D eigenvalue weighted by Crippen LogP contribution is -2.54. The summed E-state index contributed by atoms with van der Waals surface area (Å²) in [5, 5.41) is 6.46. The zero-order valence-electron chi connectivity index (χ0n) is 21.4. The molecule has 5 rings (SSSR count). The minimum absolute atomic E-state index is 0.0966. The number of allylic oxidation sites excluding steroid dienone is 2. The van der Waals surface area contributed by atoms with E-state index in [1.165, 1.54) is 12.4 Å². The monoisotopic (exact) mass is 641 g/mol. The predicted octanol–water partition coefficient (Wildman–Crippen LogP) is 6.89. The molecule has 1 unspecified atom stereocenters. The SMILES string of the molecule is O=C(Nc1ccc(CC(NC2=C(Br)C(=O)C23CCCCC3)C(=O)Oc2ccccc2)cc1)c1c(Cl)cncc1Cl. The number of hydrogen-bond donors (Lipinski definition) is 2. The summed E-state index contributed by atoms with van der Waals surface area (Å²) in [7, 11) is 0. The van der Waals surface area contributed by atoms with E-state index in [0.717, 1.165) is 43.4 Å². The Labute approximate surface area is 250 Å². The molecule has 7 nitrogen and oxygen atoms in total. The zero-order chi connectivity index (χ0) is 28.3. The number of Topliss-reactive ketones (excluding diaryl/α,β-unsaturated/α-hetero) is 1. The molecule has 1 fully saturated rings. The average molecular weight is 643 g/mol. The maximum absolute atomic E-state index is 13.4. The summed E-state index contributed by atoms with van der Waals surface area (Å²) in [5.41, 5.74) is 1.72. The fourth-order valence-corrected chi connectivity index (χ4v) is 6.65. The van der Waals surface area contributed by atoms with Crippen molar-refractivity contribution in [3.05, 3.63) is 98.3 Å². The van der Waals surface area contributed by atoms with Gasteiger partial charge in [-0.25, -0.2) is 4.79 Å². The first kappa shape index (κ1) is 28.3. The van der Waals surface area contributed by atoms with Crippen LogP contribution >= 0.6 is 39.1 Å². The van der Waals surface area contributed by atoms with Gasteiger partial charge in [-0.3, -0.25) is 14.6 Å². The number of anilines is 1. The van der Waals surface area contributed by atoms with E-state index in [4.69, 9.17) is 27.9 Å². The van der Waals surface area contributed by atoms with Gasteiger partial charge in [-0.1, -0.05) is 72.8 Å². The van der Waals surface area contributed by atoms with Crippen molar-refractivity contribution in [1.29, 1.82) is 0 Å². The molecule has 2 aliphatic rings. The van der Waals surface area contributed by atoms with E-state index >= 15 is 0 Å². The van der Waals surface area contributed by atoms with E-state index in [1.807, 2.05) is 18.2 Å². The molecule has 0 radical (unpaired) electrons. The van der Waals surface area contributed by atoms with Crippen molar-refractivity contribution in [3.63, 3.8) is 0 Å². The molecule has 10 heteroatoms. The Morgan fingerprint density at radius 2 is 1.62 bits per heavy atom. The average Bonchev–Trinajstić information content (AvgIpc) is 2.96. The lowest BCUT2D eigenvalue weighted by atomic mass is 9.62. The number of benzene rings is 2. The van der Waals surface area contributed by atoms with Crippen LogP contribution in [0.25, 0.3) is 0 Å². The molecule has 1 spiro atoms. The molecular weight excluding hydrogens is 617 g/mol. The molecule has 2 N–H and O–H groups in total. The number of para-hydroxylation sites is 1. The predicted molar refractivity (Wildman–Crippen MR) is 158 cm³/mol. The molecule has 3 aromatic rings. The molecule has 40 heavy (non-hydrogen) atoms. The molecule has 2 aromatic carbocycles. The number of halogens is 3. The van der Waals surface area contributed by atoms with Crippen molar-refractivity contribution >= 4 is 62.5 Å². The molecule has 1 saturated carbocycles. The van der Waals surface area contributed by atoms with Crippen molar-refractivity contribution in [2.75, 3.05) is 5.32 Å². The van der Waals surface area contributed by atoms with Gasteiger partial charge < -0.3 is 15.4 Å². The highest BCUT2D eigenvalue weighted by molar-refractivity contribution is 9.12.